The number of thioether (sulfide) groups is 1. The van der Waals surface area contributed by atoms with Gasteiger partial charge in [0.2, 0.25) is 0 Å². The number of hydrogen-bond acceptors (Lipinski definition) is 5. The third-order valence-corrected chi connectivity index (χ3v) is 3.92. The van der Waals surface area contributed by atoms with Crippen molar-refractivity contribution in [3.05, 3.63) is 12.4 Å². The Morgan fingerprint density at radius 2 is 2.56 bits per heavy atom. The number of carbonyl (C=O) groups excluding carboxylic acids is 1. The van der Waals surface area contributed by atoms with Crippen molar-refractivity contribution in [1.29, 1.82) is 0 Å². The standard InChI is InChI=1S/C10H15N3O2S/c1-13-4-3-11-10(13)16-7-5-8(12-6-7)9(14)15-2/h3-4,7-8,12H,5-6H2,1-2H3. The molecule has 2 heterocycles. The normalized spacial score (nSPS) is 24.6. The number of carbonyl (C=O) groups is 1. The van der Waals surface area contributed by atoms with Crippen molar-refractivity contribution in [2.24, 2.45) is 7.05 Å². The third kappa shape index (κ3) is 2.38. The highest BCUT2D eigenvalue weighted by Gasteiger charge is 2.31. The molecule has 0 radical (unpaired) electrons. The fourth-order valence-corrected chi connectivity index (χ4v) is 2.84. The van der Waals surface area contributed by atoms with Crippen LogP contribution in [0.25, 0.3) is 0 Å². The van der Waals surface area contributed by atoms with Crippen LogP contribution in [0.5, 0.6) is 0 Å². The number of nitrogens with one attached hydrogen (secondary N) is 1. The molecule has 0 spiro atoms. The topological polar surface area (TPSA) is 56.1 Å². The molecule has 1 saturated heterocycles. The van der Waals surface area contributed by atoms with E-state index < -0.39 is 0 Å². The van der Waals surface area contributed by atoms with Gasteiger partial charge in [-0.3, -0.25) is 4.79 Å². The first-order valence-corrected chi connectivity index (χ1v) is 6.04. The molecular weight excluding hydrogens is 226 g/mol. The van der Waals surface area contributed by atoms with Gasteiger partial charge in [-0.15, -0.1) is 0 Å². The summed E-state index contributed by atoms with van der Waals surface area (Å²) in [6.07, 6.45) is 4.50. The molecule has 5 nitrogen and oxygen atoms in total. The van der Waals surface area contributed by atoms with E-state index in [-0.39, 0.29) is 12.0 Å². The zero-order valence-corrected chi connectivity index (χ0v) is 10.2. The highest BCUT2D eigenvalue weighted by atomic mass is 32.2. The maximum Gasteiger partial charge on any atom is 0.322 e. The molecule has 2 atom stereocenters. The van der Waals surface area contributed by atoms with E-state index in [2.05, 4.69) is 10.3 Å². The molecule has 0 aliphatic carbocycles. The molecule has 6 heteroatoms. The number of methoxy groups -OCH3 is 1. The molecular formula is C10H15N3O2S. The number of ether oxygens (including phenoxy) is 1. The quantitative estimate of drug-likeness (QED) is 0.777. The first kappa shape index (κ1) is 11.5. The van der Waals surface area contributed by atoms with Crippen LogP contribution < -0.4 is 5.32 Å². The summed E-state index contributed by atoms with van der Waals surface area (Å²) >= 11 is 1.70. The summed E-state index contributed by atoms with van der Waals surface area (Å²) in [5, 5.41) is 4.52. The molecule has 1 aliphatic rings. The lowest BCUT2D eigenvalue weighted by Gasteiger charge is -2.08. The molecule has 0 bridgehead atoms. The van der Waals surface area contributed by atoms with Crippen molar-refractivity contribution in [1.82, 2.24) is 14.9 Å². The van der Waals surface area contributed by atoms with Crippen LogP contribution in [0.4, 0.5) is 0 Å². The predicted molar refractivity (Wildman–Crippen MR) is 61.3 cm³/mol. The fourth-order valence-electron chi connectivity index (χ4n) is 1.73. The lowest BCUT2D eigenvalue weighted by Crippen LogP contribution is -2.31. The molecule has 2 rings (SSSR count). The number of esters is 1. The van der Waals surface area contributed by atoms with Crippen LogP contribution in [0.3, 0.4) is 0 Å². The van der Waals surface area contributed by atoms with Gasteiger partial charge in [-0.1, -0.05) is 11.8 Å². The van der Waals surface area contributed by atoms with Crippen LogP contribution in [0.2, 0.25) is 0 Å². The molecule has 1 aromatic rings. The van der Waals surface area contributed by atoms with Gasteiger partial charge in [0.05, 0.1) is 7.11 Å². The van der Waals surface area contributed by atoms with E-state index >= 15 is 0 Å². The monoisotopic (exact) mass is 241 g/mol. The van der Waals surface area contributed by atoms with Gasteiger partial charge in [-0.2, -0.15) is 0 Å². The van der Waals surface area contributed by atoms with Gasteiger partial charge >= 0.3 is 5.97 Å². The summed E-state index contributed by atoms with van der Waals surface area (Å²) in [5.74, 6) is -0.178. The van der Waals surface area contributed by atoms with Crippen LogP contribution in [-0.2, 0) is 16.6 Å². The Hall–Kier alpha value is -1.01. The number of rotatable bonds is 3. The zero-order valence-electron chi connectivity index (χ0n) is 9.34. The Kier molecular flexibility index (Phi) is 3.50. The number of hydrogen-bond donors (Lipinski definition) is 1. The maximum absolute atomic E-state index is 11.3. The molecule has 1 aliphatic heterocycles. The summed E-state index contributed by atoms with van der Waals surface area (Å²) in [7, 11) is 3.39. The number of aryl methyl sites for hydroxylation is 1. The largest absolute Gasteiger partial charge is 0.468 e. The first-order valence-electron chi connectivity index (χ1n) is 5.16. The van der Waals surface area contributed by atoms with Gasteiger partial charge in [0, 0.05) is 31.2 Å². The minimum Gasteiger partial charge on any atom is -0.468 e. The minimum atomic E-state index is -0.178. The van der Waals surface area contributed by atoms with Crippen LogP contribution >= 0.6 is 11.8 Å². The van der Waals surface area contributed by atoms with E-state index in [1.165, 1.54) is 7.11 Å². The Morgan fingerprint density at radius 1 is 1.75 bits per heavy atom. The lowest BCUT2D eigenvalue weighted by molar-refractivity contribution is -0.142. The average Bonchev–Trinajstić information content (AvgIpc) is 2.89. The third-order valence-electron chi connectivity index (χ3n) is 2.63. The van der Waals surface area contributed by atoms with Crippen molar-refractivity contribution >= 4 is 17.7 Å². The van der Waals surface area contributed by atoms with E-state index in [1.54, 1.807) is 18.0 Å². The second kappa shape index (κ2) is 4.88. The highest BCUT2D eigenvalue weighted by molar-refractivity contribution is 7.99. The number of aromatic nitrogens is 2. The van der Waals surface area contributed by atoms with Crippen LogP contribution in [0, 0.1) is 0 Å². The molecule has 2 unspecified atom stereocenters. The molecule has 0 aromatic carbocycles. The second-order valence-corrected chi connectivity index (χ2v) is 5.05. The van der Waals surface area contributed by atoms with Gasteiger partial charge in [0.25, 0.3) is 0 Å². The average molecular weight is 241 g/mol. The molecule has 16 heavy (non-hydrogen) atoms. The molecule has 0 amide bonds. The van der Waals surface area contributed by atoms with E-state index in [4.69, 9.17) is 4.74 Å². The Bertz CT molecular complexity index is 380. The van der Waals surface area contributed by atoms with Gasteiger partial charge in [-0.25, -0.2) is 4.98 Å². The molecule has 88 valence electrons. The summed E-state index contributed by atoms with van der Waals surface area (Å²) in [5.41, 5.74) is 0. The van der Waals surface area contributed by atoms with Crippen molar-refractivity contribution in [3.8, 4) is 0 Å². The molecule has 1 fully saturated rings. The maximum atomic E-state index is 11.3. The van der Waals surface area contributed by atoms with Crippen molar-refractivity contribution in [2.45, 2.75) is 22.9 Å². The zero-order chi connectivity index (χ0) is 11.5. The summed E-state index contributed by atoms with van der Waals surface area (Å²) in [6.45, 7) is 0.817. The predicted octanol–water partition coefficient (Wildman–Crippen LogP) is 0.416. The Balaban J connectivity index is 1.90. The second-order valence-electron chi connectivity index (χ2n) is 3.78. The smallest absolute Gasteiger partial charge is 0.322 e. The van der Waals surface area contributed by atoms with E-state index in [9.17, 15) is 4.79 Å². The molecule has 1 aromatic heterocycles. The van der Waals surface area contributed by atoms with E-state index in [0.29, 0.717) is 5.25 Å². The van der Waals surface area contributed by atoms with Crippen LogP contribution in [0.1, 0.15) is 6.42 Å². The van der Waals surface area contributed by atoms with Gasteiger partial charge < -0.3 is 14.6 Å². The number of imidazole rings is 1. The van der Waals surface area contributed by atoms with Crippen LogP contribution in [0.15, 0.2) is 17.6 Å². The van der Waals surface area contributed by atoms with Crippen molar-refractivity contribution in [3.63, 3.8) is 0 Å². The van der Waals surface area contributed by atoms with Gasteiger partial charge in [0.1, 0.15) is 6.04 Å². The summed E-state index contributed by atoms with van der Waals surface area (Å²) in [6, 6.07) is -0.164. The lowest BCUT2D eigenvalue weighted by atomic mass is 10.2. The first-order chi connectivity index (χ1) is 7.70. The van der Waals surface area contributed by atoms with E-state index in [0.717, 1.165) is 18.1 Å². The summed E-state index contributed by atoms with van der Waals surface area (Å²) < 4.78 is 6.69. The highest BCUT2D eigenvalue weighted by Crippen LogP contribution is 2.27. The molecule has 1 N–H and O–H groups in total. The van der Waals surface area contributed by atoms with Gasteiger partial charge in [0.15, 0.2) is 5.16 Å². The summed E-state index contributed by atoms with van der Waals surface area (Å²) in [4.78, 5) is 15.6. The molecule has 0 saturated carbocycles. The SMILES string of the molecule is COC(=O)C1CC(Sc2nccn2C)CN1. The Morgan fingerprint density at radius 3 is 3.19 bits per heavy atom. The van der Waals surface area contributed by atoms with Crippen LogP contribution in [-0.4, -0.2) is 40.5 Å². The minimum absolute atomic E-state index is 0.164. The van der Waals surface area contributed by atoms with E-state index in [1.807, 2.05) is 17.8 Å². The fraction of sp³-hybridized carbons (Fsp3) is 0.600. The van der Waals surface area contributed by atoms with Gasteiger partial charge in [-0.05, 0) is 6.42 Å². The van der Waals surface area contributed by atoms with Crippen molar-refractivity contribution in [2.75, 3.05) is 13.7 Å². The van der Waals surface area contributed by atoms with Crippen molar-refractivity contribution < 1.29 is 9.53 Å². The Labute approximate surface area is 98.6 Å². The number of nitrogens with zero attached hydrogens (tertiary/aromatic N) is 2.